The zero-order valence-electron chi connectivity index (χ0n) is 19.9. The number of anilines is 1. The molecular weight excluding hydrogens is 551 g/mol. The second-order valence-corrected chi connectivity index (χ2v) is 9.19. The molecule has 0 aromatic heterocycles. The summed E-state index contributed by atoms with van der Waals surface area (Å²) in [7, 11) is 0. The summed E-state index contributed by atoms with van der Waals surface area (Å²) in [5.74, 6) is -1.45. The minimum atomic E-state index is -1.03. The highest BCUT2D eigenvalue weighted by atomic mass is 35.5. The fourth-order valence-corrected chi connectivity index (χ4v) is 4.51. The van der Waals surface area contributed by atoms with Gasteiger partial charge in [-0.3, -0.25) is 19.8 Å². The van der Waals surface area contributed by atoms with Crippen LogP contribution in [-0.4, -0.2) is 34.6 Å². The third-order valence-electron chi connectivity index (χ3n) is 5.42. The van der Waals surface area contributed by atoms with Crippen molar-refractivity contribution in [2.45, 2.75) is 13.5 Å². The standard InChI is InChI=1S/C27H20Cl2N2O6S/c1-2-36-19-9-7-18(8-10-19)31-25(33)20(24(32)30-27(31)38)11-16-12-21(28)23(22(29)13-16)37-14-15-3-5-17(6-4-15)26(34)35/h3-13H,2,14H2,1H3,(H,34,35)(H,30,32,38). The van der Waals surface area contributed by atoms with Crippen molar-refractivity contribution in [3.63, 3.8) is 0 Å². The number of rotatable bonds is 8. The Morgan fingerprint density at radius 2 is 1.66 bits per heavy atom. The molecule has 0 atom stereocenters. The number of carbonyl (C=O) groups is 3. The molecule has 1 aliphatic heterocycles. The summed E-state index contributed by atoms with van der Waals surface area (Å²) >= 11 is 18.0. The largest absolute Gasteiger partial charge is 0.494 e. The molecule has 3 aromatic rings. The first-order chi connectivity index (χ1) is 18.2. The SMILES string of the molecule is CCOc1ccc(N2C(=O)C(=Cc3cc(Cl)c(OCc4ccc(C(=O)O)cc4)c(Cl)c3)C(=O)NC2=S)cc1. The van der Waals surface area contributed by atoms with E-state index < -0.39 is 17.8 Å². The predicted octanol–water partition coefficient (Wildman–Crippen LogP) is 5.50. The van der Waals surface area contributed by atoms with Crippen LogP contribution >= 0.6 is 35.4 Å². The van der Waals surface area contributed by atoms with Crippen molar-refractivity contribution >= 4 is 70.1 Å². The van der Waals surface area contributed by atoms with Gasteiger partial charge in [-0.05, 0) is 84.9 Å². The molecule has 8 nitrogen and oxygen atoms in total. The van der Waals surface area contributed by atoms with Crippen LogP contribution < -0.4 is 19.7 Å². The van der Waals surface area contributed by atoms with Gasteiger partial charge >= 0.3 is 5.97 Å². The first-order valence-corrected chi connectivity index (χ1v) is 12.4. The Morgan fingerprint density at radius 3 is 2.24 bits per heavy atom. The summed E-state index contributed by atoms with van der Waals surface area (Å²) < 4.78 is 11.2. The summed E-state index contributed by atoms with van der Waals surface area (Å²) in [5, 5.41) is 11.8. The van der Waals surface area contributed by atoms with E-state index in [9.17, 15) is 14.4 Å². The number of hydrogen-bond donors (Lipinski definition) is 2. The van der Waals surface area contributed by atoms with Gasteiger partial charge in [-0.25, -0.2) is 4.79 Å². The van der Waals surface area contributed by atoms with Crippen molar-refractivity contribution < 1.29 is 29.0 Å². The number of thiocarbonyl (C=S) groups is 1. The van der Waals surface area contributed by atoms with Crippen molar-refractivity contribution in [2.24, 2.45) is 0 Å². The van der Waals surface area contributed by atoms with Crippen LogP contribution in [0.25, 0.3) is 6.08 Å². The number of carboxylic acids is 1. The van der Waals surface area contributed by atoms with Gasteiger partial charge < -0.3 is 14.6 Å². The number of nitrogens with zero attached hydrogens (tertiary/aromatic N) is 1. The molecule has 194 valence electrons. The van der Waals surface area contributed by atoms with E-state index in [2.05, 4.69) is 5.32 Å². The maximum atomic E-state index is 13.3. The molecule has 11 heteroatoms. The molecule has 2 N–H and O–H groups in total. The summed E-state index contributed by atoms with van der Waals surface area (Å²) in [5.41, 5.74) is 1.57. The van der Waals surface area contributed by atoms with Crippen LogP contribution in [0.2, 0.25) is 10.0 Å². The van der Waals surface area contributed by atoms with Gasteiger partial charge in [-0.15, -0.1) is 0 Å². The maximum absolute atomic E-state index is 13.3. The molecular formula is C27H20Cl2N2O6S. The van der Waals surface area contributed by atoms with Crippen LogP contribution in [0, 0.1) is 0 Å². The Labute approximate surface area is 233 Å². The summed E-state index contributed by atoms with van der Waals surface area (Å²) in [6.07, 6.45) is 1.37. The molecule has 1 heterocycles. The topological polar surface area (TPSA) is 105 Å². The molecule has 0 aliphatic carbocycles. The molecule has 4 rings (SSSR count). The van der Waals surface area contributed by atoms with E-state index >= 15 is 0 Å². The quantitative estimate of drug-likeness (QED) is 0.209. The second-order valence-electron chi connectivity index (χ2n) is 7.99. The zero-order valence-corrected chi connectivity index (χ0v) is 22.2. The summed E-state index contributed by atoms with van der Waals surface area (Å²) in [6, 6.07) is 15.9. The average Bonchev–Trinajstić information content (AvgIpc) is 2.87. The lowest BCUT2D eigenvalue weighted by Crippen LogP contribution is -2.54. The van der Waals surface area contributed by atoms with E-state index in [1.165, 1.54) is 35.2 Å². The molecule has 0 radical (unpaired) electrons. The Morgan fingerprint density at radius 1 is 1.03 bits per heavy atom. The molecule has 1 saturated heterocycles. The second kappa shape index (κ2) is 11.6. The smallest absolute Gasteiger partial charge is 0.335 e. The van der Waals surface area contributed by atoms with Crippen molar-refractivity contribution in [3.8, 4) is 11.5 Å². The molecule has 3 aromatic carbocycles. The Kier molecular flexibility index (Phi) is 8.31. The third-order valence-corrected chi connectivity index (χ3v) is 6.27. The van der Waals surface area contributed by atoms with Crippen molar-refractivity contribution in [1.29, 1.82) is 0 Å². The molecule has 0 spiro atoms. The Balaban J connectivity index is 1.55. The van der Waals surface area contributed by atoms with Gasteiger partial charge in [0.05, 0.1) is 27.9 Å². The number of halogens is 2. The molecule has 38 heavy (non-hydrogen) atoms. The minimum Gasteiger partial charge on any atom is -0.494 e. The lowest BCUT2D eigenvalue weighted by Gasteiger charge is -2.29. The van der Waals surface area contributed by atoms with E-state index in [0.717, 1.165) is 0 Å². The molecule has 0 unspecified atom stereocenters. The normalized spacial score (nSPS) is 14.4. The number of benzene rings is 3. The molecule has 0 saturated carbocycles. The van der Waals surface area contributed by atoms with Crippen LogP contribution in [0.3, 0.4) is 0 Å². The maximum Gasteiger partial charge on any atom is 0.335 e. The number of carboxylic acid groups (broad SMARTS) is 1. The molecule has 1 aliphatic rings. The first-order valence-electron chi connectivity index (χ1n) is 11.3. The van der Waals surface area contributed by atoms with Gasteiger partial charge in [0.1, 0.15) is 17.9 Å². The van der Waals surface area contributed by atoms with E-state index in [1.807, 2.05) is 6.92 Å². The number of amides is 2. The molecule has 1 fully saturated rings. The predicted molar refractivity (Wildman–Crippen MR) is 148 cm³/mol. The first kappa shape index (κ1) is 27.1. The number of hydrogen-bond acceptors (Lipinski definition) is 6. The number of ether oxygens (including phenoxy) is 2. The monoisotopic (exact) mass is 570 g/mol. The Hall–Kier alpha value is -3.92. The third kappa shape index (κ3) is 5.96. The summed E-state index contributed by atoms with van der Waals surface area (Å²) in [4.78, 5) is 38.1. The Bertz CT molecular complexity index is 1430. The number of carbonyl (C=O) groups excluding carboxylic acids is 2. The van der Waals surface area contributed by atoms with Crippen molar-refractivity contribution in [2.75, 3.05) is 11.5 Å². The zero-order chi connectivity index (χ0) is 27.4. The number of nitrogens with one attached hydrogen (secondary N) is 1. The van der Waals surface area contributed by atoms with E-state index in [0.29, 0.717) is 29.2 Å². The highest BCUT2D eigenvalue weighted by Gasteiger charge is 2.34. The van der Waals surface area contributed by atoms with Crippen LogP contribution in [0.5, 0.6) is 11.5 Å². The molecule has 0 bridgehead atoms. The van der Waals surface area contributed by atoms with E-state index in [1.54, 1.807) is 36.4 Å². The van der Waals surface area contributed by atoms with Crippen LogP contribution in [0.15, 0.2) is 66.2 Å². The van der Waals surface area contributed by atoms with Crippen LogP contribution in [0.4, 0.5) is 5.69 Å². The molecule has 2 amide bonds. The number of aromatic carboxylic acids is 1. The lowest BCUT2D eigenvalue weighted by atomic mass is 10.1. The fraction of sp³-hybridized carbons (Fsp3) is 0.111. The van der Waals surface area contributed by atoms with Crippen molar-refractivity contribution in [1.82, 2.24) is 5.32 Å². The highest BCUT2D eigenvalue weighted by Crippen LogP contribution is 2.36. The lowest BCUT2D eigenvalue weighted by molar-refractivity contribution is -0.122. The van der Waals surface area contributed by atoms with Crippen LogP contribution in [0.1, 0.15) is 28.4 Å². The van der Waals surface area contributed by atoms with E-state index in [-0.39, 0.29) is 38.7 Å². The summed E-state index contributed by atoms with van der Waals surface area (Å²) in [6.45, 7) is 2.45. The van der Waals surface area contributed by atoms with Gasteiger partial charge in [-0.2, -0.15) is 0 Å². The average molecular weight is 571 g/mol. The van der Waals surface area contributed by atoms with Gasteiger partial charge in [0.15, 0.2) is 10.9 Å². The van der Waals surface area contributed by atoms with Crippen LogP contribution in [-0.2, 0) is 16.2 Å². The van der Waals surface area contributed by atoms with Gasteiger partial charge in [0.2, 0.25) is 0 Å². The van der Waals surface area contributed by atoms with Gasteiger partial charge in [0.25, 0.3) is 11.8 Å². The minimum absolute atomic E-state index is 0.0440. The van der Waals surface area contributed by atoms with Gasteiger partial charge in [0, 0.05) is 0 Å². The fourth-order valence-electron chi connectivity index (χ4n) is 3.62. The van der Waals surface area contributed by atoms with Gasteiger partial charge in [-0.1, -0.05) is 35.3 Å². The highest BCUT2D eigenvalue weighted by molar-refractivity contribution is 7.80. The van der Waals surface area contributed by atoms with E-state index in [4.69, 9.17) is 50.0 Å². The van der Waals surface area contributed by atoms with Crippen molar-refractivity contribution in [3.05, 3.63) is 93.0 Å².